The Morgan fingerprint density at radius 3 is 1.58 bits per heavy atom. The molecule has 2 aliphatic rings. The molecule has 2 saturated heterocycles. The summed E-state index contributed by atoms with van der Waals surface area (Å²) in [5.41, 5.74) is 0. The fourth-order valence-corrected chi connectivity index (χ4v) is 4.09. The van der Waals surface area contributed by atoms with Gasteiger partial charge in [0.1, 0.15) is 0 Å². The summed E-state index contributed by atoms with van der Waals surface area (Å²) in [4.78, 5) is 22.6. The zero-order valence-electron chi connectivity index (χ0n) is 14.3. The highest BCUT2D eigenvalue weighted by Crippen LogP contribution is 2.27. The Bertz CT molecular complexity index is 378. The zero-order valence-corrected chi connectivity index (χ0v) is 16.1. The van der Waals surface area contributed by atoms with Gasteiger partial charge in [-0.2, -0.15) is 25.3 Å². The Balaban J connectivity index is 1.53. The first-order chi connectivity index (χ1) is 11.5. The molecule has 0 aromatic heterocycles. The molecule has 0 aromatic rings. The minimum atomic E-state index is -0.0519. The monoisotopic (exact) mass is 374 g/mol. The van der Waals surface area contributed by atoms with E-state index in [9.17, 15) is 9.59 Å². The van der Waals surface area contributed by atoms with E-state index in [2.05, 4.69) is 0 Å². The summed E-state index contributed by atoms with van der Waals surface area (Å²) in [6.45, 7) is 1.16. The Morgan fingerprint density at radius 1 is 0.792 bits per heavy atom. The van der Waals surface area contributed by atoms with Crippen molar-refractivity contribution in [3.05, 3.63) is 0 Å². The van der Waals surface area contributed by atoms with Gasteiger partial charge in [0.05, 0.1) is 13.2 Å². The van der Waals surface area contributed by atoms with E-state index in [4.69, 9.17) is 34.7 Å². The van der Waals surface area contributed by atoms with E-state index in [1.54, 1.807) is 0 Å². The van der Waals surface area contributed by atoms with Crippen LogP contribution in [0.15, 0.2) is 0 Å². The van der Waals surface area contributed by atoms with E-state index < -0.39 is 0 Å². The first-order valence-corrected chi connectivity index (χ1v) is 10.2. The predicted molar refractivity (Wildman–Crippen MR) is 101 cm³/mol. The van der Waals surface area contributed by atoms with E-state index in [0.717, 1.165) is 51.4 Å². The van der Waals surface area contributed by atoms with Crippen LogP contribution in [0.1, 0.15) is 64.2 Å². The van der Waals surface area contributed by atoms with Crippen LogP contribution in [0.25, 0.3) is 0 Å². The average Bonchev–Trinajstić information content (AvgIpc) is 2.56. The fourth-order valence-electron chi connectivity index (χ4n) is 3.49. The van der Waals surface area contributed by atoms with Gasteiger partial charge in [-0.25, -0.2) is 0 Å². The molecule has 4 nitrogen and oxygen atoms in total. The van der Waals surface area contributed by atoms with Gasteiger partial charge in [0.25, 0.3) is 0 Å². The molecule has 0 aromatic carbocycles. The lowest BCUT2D eigenvalue weighted by molar-refractivity contribution is -0.150. The Labute approximate surface area is 156 Å². The highest BCUT2D eigenvalue weighted by Gasteiger charge is 2.22. The molecule has 2 fully saturated rings. The molecular weight excluding hydrogens is 344 g/mol. The quantitative estimate of drug-likeness (QED) is 0.476. The molecule has 0 aliphatic carbocycles. The predicted octanol–water partition coefficient (Wildman–Crippen LogP) is 3.83. The average molecular weight is 375 g/mol. The summed E-state index contributed by atoms with van der Waals surface area (Å²) < 4.78 is 9.96. The van der Waals surface area contributed by atoms with Crippen LogP contribution >= 0.6 is 25.3 Å². The number of thiol groups is 2. The third kappa shape index (κ3) is 7.68. The van der Waals surface area contributed by atoms with Gasteiger partial charge in [-0.1, -0.05) is 0 Å². The van der Waals surface area contributed by atoms with Crippen molar-refractivity contribution in [3.63, 3.8) is 0 Å². The first kappa shape index (κ1) is 20.0. The molecule has 0 saturated carbocycles. The van der Waals surface area contributed by atoms with Crippen molar-refractivity contribution < 1.29 is 19.1 Å². The van der Waals surface area contributed by atoms with Crippen LogP contribution in [0.2, 0.25) is 0 Å². The second kappa shape index (κ2) is 10.6. The molecule has 2 aliphatic heterocycles. The number of hydrogen-bond donors (Lipinski definition) is 2. The molecule has 2 heterocycles. The second-order valence-corrected chi connectivity index (χ2v) is 8.66. The minimum absolute atomic E-state index is 0.0519. The highest BCUT2D eigenvalue weighted by atomic mass is 32.1. The molecule has 138 valence electrons. The van der Waals surface area contributed by atoms with Crippen molar-refractivity contribution in [2.45, 2.75) is 74.7 Å². The van der Waals surface area contributed by atoms with E-state index >= 15 is 0 Å². The van der Waals surface area contributed by atoms with Gasteiger partial charge in [-0.3, -0.25) is 9.59 Å². The molecule has 0 spiro atoms. The lowest BCUT2D eigenvalue weighted by Crippen LogP contribution is -2.22. The van der Waals surface area contributed by atoms with Crippen LogP contribution in [-0.4, -0.2) is 35.7 Å². The second-order valence-electron chi connectivity index (χ2n) is 7.20. The number of ether oxygens (including phenoxy) is 2. The number of rotatable bonds is 9. The molecule has 0 N–H and O–H groups in total. The third-order valence-electron chi connectivity index (χ3n) is 5.14. The summed E-state index contributed by atoms with van der Waals surface area (Å²) >= 11 is 9.39. The molecule has 4 unspecified atom stereocenters. The number of hydrogen-bond acceptors (Lipinski definition) is 6. The zero-order chi connectivity index (χ0) is 17.4. The molecule has 0 bridgehead atoms. The van der Waals surface area contributed by atoms with Crippen molar-refractivity contribution in [2.24, 2.45) is 11.8 Å². The summed E-state index contributed by atoms with van der Waals surface area (Å²) in [6, 6.07) is 0. The van der Waals surface area contributed by atoms with Crippen LogP contribution < -0.4 is 0 Å². The smallest absolute Gasteiger partial charge is 0.306 e. The molecule has 0 amide bonds. The van der Waals surface area contributed by atoms with Crippen molar-refractivity contribution in [1.29, 1.82) is 0 Å². The molecule has 24 heavy (non-hydrogen) atoms. The van der Waals surface area contributed by atoms with Gasteiger partial charge < -0.3 is 9.47 Å². The largest absolute Gasteiger partial charge is 0.466 e. The number of esters is 2. The van der Waals surface area contributed by atoms with Crippen molar-refractivity contribution in [2.75, 3.05) is 13.2 Å². The van der Waals surface area contributed by atoms with Crippen molar-refractivity contribution >= 4 is 37.2 Å². The van der Waals surface area contributed by atoms with E-state index in [1.807, 2.05) is 0 Å². The van der Waals surface area contributed by atoms with Gasteiger partial charge in [0.15, 0.2) is 0 Å². The van der Waals surface area contributed by atoms with Gasteiger partial charge >= 0.3 is 11.9 Å². The Hall–Kier alpha value is -0.360. The molecule has 6 heteroatoms. The topological polar surface area (TPSA) is 52.6 Å². The molecule has 2 rings (SSSR count). The highest BCUT2D eigenvalue weighted by molar-refractivity contribution is 7.81. The molecular formula is C18H30O4S2. The Kier molecular flexibility index (Phi) is 8.81. The van der Waals surface area contributed by atoms with Gasteiger partial charge in [0, 0.05) is 23.3 Å². The van der Waals surface area contributed by atoms with Crippen LogP contribution in [0, 0.1) is 11.8 Å². The molecule has 4 atom stereocenters. The van der Waals surface area contributed by atoms with Crippen molar-refractivity contribution in [3.8, 4) is 0 Å². The van der Waals surface area contributed by atoms with E-state index in [0.29, 0.717) is 48.4 Å². The maximum atomic E-state index is 11.3. The van der Waals surface area contributed by atoms with E-state index in [-0.39, 0.29) is 11.9 Å². The summed E-state index contributed by atoms with van der Waals surface area (Å²) in [7, 11) is 0. The lowest BCUT2D eigenvalue weighted by Gasteiger charge is -2.23. The number of cyclic esters (lactones) is 2. The van der Waals surface area contributed by atoms with Gasteiger partial charge in [0.2, 0.25) is 0 Å². The maximum Gasteiger partial charge on any atom is 0.306 e. The SMILES string of the molecule is O=C1CC(CCC(S)CCC(S)CCC2CCOC(=O)C2)CCO1. The van der Waals surface area contributed by atoms with Crippen LogP contribution in [0.3, 0.4) is 0 Å². The summed E-state index contributed by atoms with van der Waals surface area (Å²) in [6.07, 6.45) is 9.46. The third-order valence-corrected chi connectivity index (χ3v) is 6.17. The lowest BCUT2D eigenvalue weighted by atomic mass is 9.91. The minimum Gasteiger partial charge on any atom is -0.466 e. The van der Waals surface area contributed by atoms with Gasteiger partial charge in [-0.15, -0.1) is 0 Å². The van der Waals surface area contributed by atoms with Crippen molar-refractivity contribution in [1.82, 2.24) is 0 Å². The van der Waals surface area contributed by atoms with Gasteiger partial charge in [-0.05, 0) is 63.2 Å². The maximum absolute atomic E-state index is 11.3. The summed E-state index contributed by atoms with van der Waals surface area (Å²) in [5.74, 6) is 0.838. The number of carbonyl (C=O) groups is 2. The van der Waals surface area contributed by atoms with Crippen LogP contribution in [0.5, 0.6) is 0 Å². The summed E-state index contributed by atoms with van der Waals surface area (Å²) in [5, 5.41) is 0.754. The standard InChI is InChI=1S/C18H30O4S2/c19-17-11-13(7-9-21-17)1-3-15(23)5-6-16(24)4-2-14-8-10-22-18(20)12-14/h13-16,23-24H,1-12H2. The van der Waals surface area contributed by atoms with Crippen LogP contribution in [-0.2, 0) is 19.1 Å². The Morgan fingerprint density at radius 2 is 1.21 bits per heavy atom. The number of carbonyl (C=O) groups excluding carboxylic acids is 2. The van der Waals surface area contributed by atoms with E-state index in [1.165, 1.54) is 0 Å². The first-order valence-electron chi connectivity index (χ1n) is 9.20. The molecule has 0 radical (unpaired) electrons. The fraction of sp³-hybridized carbons (Fsp3) is 0.889. The normalized spacial score (nSPS) is 27.2. The van der Waals surface area contributed by atoms with Crippen LogP contribution in [0.4, 0.5) is 0 Å².